The van der Waals surface area contributed by atoms with E-state index in [-0.39, 0.29) is 36.1 Å². The molecule has 35 heavy (non-hydrogen) atoms. The van der Waals surface area contributed by atoms with Gasteiger partial charge in [0.1, 0.15) is 23.4 Å². The zero-order valence-corrected chi connectivity index (χ0v) is 20.7. The van der Waals surface area contributed by atoms with Crippen LogP contribution in [0.3, 0.4) is 0 Å². The smallest absolute Gasteiger partial charge is 0.426 e. The number of hydrogen-bond donors (Lipinski definition) is 5. The molecular weight excluding hydrogens is 451 g/mol. The van der Waals surface area contributed by atoms with Gasteiger partial charge in [-0.2, -0.15) is 5.26 Å². The Labute approximate surface area is 206 Å². The number of carbonyl (C=O) groups excluding carboxylic acids is 3. The second-order valence-corrected chi connectivity index (χ2v) is 8.96. The largest absolute Gasteiger partial charge is 0.475 e. The van der Waals surface area contributed by atoms with Crippen molar-refractivity contribution in [2.24, 2.45) is 11.8 Å². The Kier molecular flexibility index (Phi) is 13.2. The summed E-state index contributed by atoms with van der Waals surface area (Å²) in [6.07, 6.45) is 7.17. The molecule has 1 aromatic heterocycles. The summed E-state index contributed by atoms with van der Waals surface area (Å²) in [5.74, 6) is -2.34. The minimum atomic E-state index is -1.75. The molecule has 0 aliphatic carbocycles. The van der Waals surface area contributed by atoms with Gasteiger partial charge in [-0.15, -0.1) is 0 Å². The van der Waals surface area contributed by atoms with Crippen LogP contribution in [0.25, 0.3) is 0 Å². The maximum Gasteiger partial charge on any atom is 0.475 e. The van der Waals surface area contributed by atoms with Crippen LogP contribution in [0, 0.1) is 23.2 Å². The number of allylic oxidation sites excluding steroid dienone is 1. The van der Waals surface area contributed by atoms with E-state index in [4.69, 9.17) is 5.26 Å². The van der Waals surface area contributed by atoms with Gasteiger partial charge < -0.3 is 26.0 Å². The van der Waals surface area contributed by atoms with Crippen LogP contribution in [0.5, 0.6) is 0 Å². The van der Waals surface area contributed by atoms with Crippen LogP contribution < -0.4 is 16.0 Å². The van der Waals surface area contributed by atoms with E-state index in [0.717, 1.165) is 0 Å². The SMILES string of the molecule is CC(C)C=C(C#N)C(=O)NCCCCC(NC(=O)c1cnccn1)C(=O)NC(CC(C)C)B(O)O. The van der Waals surface area contributed by atoms with Crippen LogP contribution in [0.4, 0.5) is 0 Å². The molecule has 2 unspecified atom stereocenters. The Morgan fingerprint density at radius 1 is 1.14 bits per heavy atom. The molecule has 1 heterocycles. The molecular formula is C23H35BN6O5. The molecule has 0 saturated heterocycles. The van der Waals surface area contributed by atoms with Gasteiger partial charge in [0.2, 0.25) is 5.91 Å². The van der Waals surface area contributed by atoms with Gasteiger partial charge in [0.05, 0.1) is 12.1 Å². The quantitative estimate of drug-likeness (QED) is 0.109. The zero-order valence-electron chi connectivity index (χ0n) is 20.7. The molecule has 0 saturated carbocycles. The molecule has 0 spiro atoms. The first kappa shape index (κ1) is 29.7. The highest BCUT2D eigenvalue weighted by Gasteiger charge is 2.30. The first-order valence-electron chi connectivity index (χ1n) is 11.7. The van der Waals surface area contributed by atoms with Crippen molar-refractivity contribution in [1.29, 1.82) is 5.26 Å². The molecule has 0 fully saturated rings. The summed E-state index contributed by atoms with van der Waals surface area (Å²) < 4.78 is 0. The summed E-state index contributed by atoms with van der Waals surface area (Å²) in [4.78, 5) is 45.3. The molecule has 190 valence electrons. The van der Waals surface area contributed by atoms with Crippen molar-refractivity contribution in [3.05, 3.63) is 35.9 Å². The van der Waals surface area contributed by atoms with Crippen LogP contribution in [-0.4, -0.2) is 63.4 Å². The first-order chi connectivity index (χ1) is 16.5. The number of hydrogen-bond acceptors (Lipinski definition) is 8. The maximum atomic E-state index is 12.9. The number of nitrogens with one attached hydrogen (secondary N) is 3. The average Bonchev–Trinajstić information content (AvgIpc) is 2.80. The summed E-state index contributed by atoms with van der Waals surface area (Å²) in [7, 11) is -1.75. The van der Waals surface area contributed by atoms with Crippen LogP contribution >= 0.6 is 0 Å². The summed E-state index contributed by atoms with van der Waals surface area (Å²) in [5.41, 5.74) is 0.0895. The molecule has 1 rings (SSSR count). The molecule has 2 atom stereocenters. The number of carbonyl (C=O) groups is 3. The Morgan fingerprint density at radius 2 is 1.86 bits per heavy atom. The molecule has 5 N–H and O–H groups in total. The van der Waals surface area contributed by atoms with E-state index >= 15 is 0 Å². The van der Waals surface area contributed by atoms with Crippen LogP contribution in [0.2, 0.25) is 0 Å². The van der Waals surface area contributed by atoms with Gasteiger partial charge in [-0.25, -0.2) is 4.98 Å². The van der Waals surface area contributed by atoms with E-state index < -0.39 is 36.8 Å². The highest BCUT2D eigenvalue weighted by molar-refractivity contribution is 6.43. The lowest BCUT2D eigenvalue weighted by Crippen LogP contribution is -2.54. The van der Waals surface area contributed by atoms with Crippen molar-refractivity contribution >= 4 is 24.8 Å². The molecule has 0 radical (unpaired) electrons. The van der Waals surface area contributed by atoms with Crippen LogP contribution in [-0.2, 0) is 9.59 Å². The fourth-order valence-electron chi connectivity index (χ4n) is 3.23. The number of nitrogens with zero attached hydrogens (tertiary/aromatic N) is 3. The van der Waals surface area contributed by atoms with Crippen molar-refractivity contribution in [2.75, 3.05) is 6.54 Å². The molecule has 0 aliphatic heterocycles. The molecule has 1 aromatic rings. The van der Waals surface area contributed by atoms with Crippen molar-refractivity contribution in [2.45, 2.75) is 65.4 Å². The minimum absolute atomic E-state index is 0.0412. The fraction of sp³-hybridized carbons (Fsp3) is 0.565. The van der Waals surface area contributed by atoms with E-state index in [2.05, 4.69) is 25.9 Å². The fourth-order valence-corrected chi connectivity index (χ4v) is 3.23. The number of unbranched alkanes of at least 4 members (excludes halogenated alkanes) is 1. The summed E-state index contributed by atoms with van der Waals surface area (Å²) in [5, 5.41) is 36.3. The van der Waals surface area contributed by atoms with E-state index in [0.29, 0.717) is 19.3 Å². The van der Waals surface area contributed by atoms with E-state index in [1.54, 1.807) is 6.08 Å². The van der Waals surface area contributed by atoms with Gasteiger partial charge in [-0.05, 0) is 37.5 Å². The van der Waals surface area contributed by atoms with Crippen molar-refractivity contribution in [1.82, 2.24) is 25.9 Å². The van der Waals surface area contributed by atoms with Gasteiger partial charge in [-0.3, -0.25) is 19.4 Å². The Bertz CT molecular complexity index is 901. The topological polar surface area (TPSA) is 177 Å². The van der Waals surface area contributed by atoms with Gasteiger partial charge in [0, 0.05) is 18.9 Å². The Morgan fingerprint density at radius 3 is 2.40 bits per heavy atom. The Balaban J connectivity index is 2.77. The third-order valence-corrected chi connectivity index (χ3v) is 4.90. The summed E-state index contributed by atoms with van der Waals surface area (Å²) in [6.45, 7) is 7.79. The van der Waals surface area contributed by atoms with Crippen molar-refractivity contribution in [3.8, 4) is 6.07 Å². The molecule has 0 bridgehead atoms. The molecule has 12 heteroatoms. The summed E-state index contributed by atoms with van der Waals surface area (Å²) in [6, 6.07) is 0.913. The monoisotopic (exact) mass is 486 g/mol. The highest BCUT2D eigenvalue weighted by atomic mass is 16.4. The van der Waals surface area contributed by atoms with Crippen molar-refractivity contribution in [3.63, 3.8) is 0 Å². The van der Waals surface area contributed by atoms with E-state index in [1.807, 2.05) is 33.8 Å². The second-order valence-electron chi connectivity index (χ2n) is 8.96. The summed E-state index contributed by atoms with van der Waals surface area (Å²) >= 11 is 0. The van der Waals surface area contributed by atoms with E-state index in [9.17, 15) is 24.4 Å². The average molecular weight is 486 g/mol. The third kappa shape index (κ3) is 11.6. The third-order valence-electron chi connectivity index (χ3n) is 4.90. The van der Waals surface area contributed by atoms with Gasteiger partial charge >= 0.3 is 7.12 Å². The highest BCUT2D eigenvalue weighted by Crippen LogP contribution is 2.09. The first-order valence-corrected chi connectivity index (χ1v) is 11.7. The predicted octanol–water partition coefficient (Wildman–Crippen LogP) is 0.510. The molecule has 0 aromatic carbocycles. The van der Waals surface area contributed by atoms with Crippen molar-refractivity contribution < 1.29 is 24.4 Å². The van der Waals surface area contributed by atoms with Gasteiger partial charge in [0.25, 0.3) is 11.8 Å². The minimum Gasteiger partial charge on any atom is -0.426 e. The number of nitriles is 1. The number of aromatic nitrogens is 2. The molecule has 3 amide bonds. The maximum absolute atomic E-state index is 12.9. The zero-order chi connectivity index (χ0) is 26.4. The lowest BCUT2D eigenvalue weighted by molar-refractivity contribution is -0.123. The number of rotatable bonds is 14. The van der Waals surface area contributed by atoms with Gasteiger partial charge in [0.15, 0.2) is 0 Å². The standard InChI is InChI=1S/C23H35BN6O5/c1-15(2)11-17(13-25)21(31)28-8-6-5-7-18(29-23(33)19-14-26-9-10-27-19)22(32)30-20(24(34)35)12-16(3)4/h9-11,14-16,18,20,34-35H,5-8,12H2,1-4H3,(H,28,31)(H,29,33)(H,30,32). The molecule has 11 nitrogen and oxygen atoms in total. The van der Waals surface area contributed by atoms with Crippen LogP contribution in [0.15, 0.2) is 30.2 Å². The van der Waals surface area contributed by atoms with Crippen LogP contribution in [0.1, 0.15) is 63.9 Å². The molecule has 0 aliphatic rings. The second kappa shape index (κ2) is 15.6. The number of amides is 3. The lowest BCUT2D eigenvalue weighted by Gasteiger charge is -2.24. The van der Waals surface area contributed by atoms with E-state index in [1.165, 1.54) is 18.6 Å². The predicted molar refractivity (Wildman–Crippen MR) is 130 cm³/mol. The lowest BCUT2D eigenvalue weighted by atomic mass is 9.75. The van der Waals surface area contributed by atoms with Gasteiger partial charge in [-0.1, -0.05) is 33.8 Å². The Hall–Kier alpha value is -3.30. The normalized spacial score (nSPS) is 13.1.